The summed E-state index contributed by atoms with van der Waals surface area (Å²) < 4.78 is 29.4. The molecular weight excluding hydrogens is 653 g/mol. The molecule has 2 amide bonds. The van der Waals surface area contributed by atoms with Crippen molar-refractivity contribution in [1.82, 2.24) is 10.2 Å². The minimum absolute atomic E-state index is 0.00612. The standard InChI is InChI=1S/C37H41Cl2N3O4S/c1-26(2)23-40-37(44)35(22-28-11-7-5-8-12-28)41(24-29-15-20-33(38)34(39)21-29)36(43)25-42(31-18-16-30(17-19-31)27(3)4)47(45,46)32-13-9-6-10-14-32/h5-21,26-27,35H,22-25H2,1-4H3,(H,40,44)/t35-/m1/s1. The number of nitrogens with one attached hydrogen (secondary N) is 1. The zero-order chi connectivity index (χ0) is 34.1. The second-order valence-corrected chi connectivity index (χ2v) is 14.9. The topological polar surface area (TPSA) is 86.8 Å². The van der Waals surface area contributed by atoms with E-state index >= 15 is 0 Å². The van der Waals surface area contributed by atoms with Crippen LogP contribution in [0.3, 0.4) is 0 Å². The third-order valence-corrected chi connectivity index (χ3v) is 10.3. The average molecular weight is 695 g/mol. The molecule has 0 unspecified atom stereocenters. The van der Waals surface area contributed by atoms with E-state index in [1.54, 1.807) is 48.5 Å². The van der Waals surface area contributed by atoms with E-state index in [9.17, 15) is 18.0 Å². The van der Waals surface area contributed by atoms with Crippen molar-refractivity contribution >= 4 is 50.7 Å². The Morgan fingerprint density at radius 3 is 1.96 bits per heavy atom. The molecule has 0 saturated carbocycles. The van der Waals surface area contributed by atoms with Crippen LogP contribution in [0.5, 0.6) is 0 Å². The molecule has 0 aliphatic rings. The van der Waals surface area contributed by atoms with Crippen LogP contribution in [0.4, 0.5) is 5.69 Å². The van der Waals surface area contributed by atoms with Gasteiger partial charge in [-0.3, -0.25) is 13.9 Å². The minimum Gasteiger partial charge on any atom is -0.354 e. The van der Waals surface area contributed by atoms with Crippen molar-refractivity contribution in [3.63, 3.8) is 0 Å². The Morgan fingerprint density at radius 2 is 1.38 bits per heavy atom. The lowest BCUT2D eigenvalue weighted by molar-refractivity contribution is -0.140. The van der Waals surface area contributed by atoms with Gasteiger partial charge in [-0.1, -0.05) is 118 Å². The first-order chi connectivity index (χ1) is 22.4. The Bertz CT molecular complexity index is 1750. The van der Waals surface area contributed by atoms with Crippen LogP contribution >= 0.6 is 23.2 Å². The predicted molar refractivity (Wildman–Crippen MR) is 190 cm³/mol. The summed E-state index contributed by atoms with van der Waals surface area (Å²) in [4.78, 5) is 30.0. The summed E-state index contributed by atoms with van der Waals surface area (Å²) in [6, 6.07) is 28.7. The first kappa shape index (κ1) is 36.0. The van der Waals surface area contributed by atoms with Crippen molar-refractivity contribution in [3.8, 4) is 0 Å². The van der Waals surface area contributed by atoms with Crippen LogP contribution in [0.1, 0.15) is 50.3 Å². The molecule has 1 atom stereocenters. The first-order valence-corrected chi connectivity index (χ1v) is 17.8. The molecule has 4 aromatic rings. The van der Waals surface area contributed by atoms with Crippen molar-refractivity contribution in [2.45, 2.75) is 57.5 Å². The van der Waals surface area contributed by atoms with Gasteiger partial charge in [0.2, 0.25) is 11.8 Å². The summed E-state index contributed by atoms with van der Waals surface area (Å²) >= 11 is 12.6. The zero-order valence-corrected chi connectivity index (χ0v) is 29.4. The summed E-state index contributed by atoms with van der Waals surface area (Å²) in [5.41, 5.74) is 2.86. The molecule has 0 spiro atoms. The Kier molecular flexibility index (Phi) is 12.5. The van der Waals surface area contributed by atoms with E-state index in [2.05, 4.69) is 19.2 Å². The Hall–Kier alpha value is -3.85. The van der Waals surface area contributed by atoms with Crippen LogP contribution in [0.15, 0.2) is 108 Å². The maximum atomic E-state index is 14.6. The summed E-state index contributed by atoms with van der Waals surface area (Å²) in [6.07, 6.45) is 0.215. The van der Waals surface area contributed by atoms with Gasteiger partial charge in [-0.25, -0.2) is 8.42 Å². The number of anilines is 1. The third-order valence-electron chi connectivity index (χ3n) is 7.75. The van der Waals surface area contributed by atoms with Crippen LogP contribution < -0.4 is 9.62 Å². The average Bonchev–Trinajstić information content (AvgIpc) is 3.06. The highest BCUT2D eigenvalue weighted by Gasteiger charge is 2.34. The molecule has 0 aliphatic heterocycles. The number of hydrogen-bond donors (Lipinski definition) is 1. The molecule has 1 N–H and O–H groups in total. The number of rotatable bonds is 14. The van der Waals surface area contributed by atoms with Gasteiger partial charge in [0.1, 0.15) is 12.6 Å². The molecule has 4 rings (SSSR count). The Labute approximate surface area is 288 Å². The molecule has 0 aliphatic carbocycles. The lowest BCUT2D eigenvalue weighted by atomic mass is 10.0. The van der Waals surface area contributed by atoms with Gasteiger partial charge in [0.25, 0.3) is 10.0 Å². The molecule has 0 heterocycles. The summed E-state index contributed by atoms with van der Waals surface area (Å²) in [6.45, 7) is 7.94. The van der Waals surface area contributed by atoms with Gasteiger partial charge in [0, 0.05) is 19.5 Å². The van der Waals surface area contributed by atoms with E-state index in [1.807, 2.05) is 56.3 Å². The first-order valence-electron chi connectivity index (χ1n) is 15.6. The van der Waals surface area contributed by atoms with Gasteiger partial charge in [0.05, 0.1) is 20.6 Å². The molecular formula is C37H41Cl2N3O4S. The molecule has 0 fully saturated rings. The smallest absolute Gasteiger partial charge is 0.264 e. The van der Waals surface area contributed by atoms with Crippen molar-refractivity contribution in [2.75, 3.05) is 17.4 Å². The van der Waals surface area contributed by atoms with Crippen molar-refractivity contribution in [3.05, 3.63) is 130 Å². The number of carbonyl (C=O) groups is 2. The molecule has 0 aromatic heterocycles. The van der Waals surface area contributed by atoms with Gasteiger partial charge >= 0.3 is 0 Å². The number of benzene rings is 4. The number of sulfonamides is 1. The highest BCUT2D eigenvalue weighted by Crippen LogP contribution is 2.28. The zero-order valence-electron chi connectivity index (χ0n) is 27.1. The number of nitrogens with zero attached hydrogens (tertiary/aromatic N) is 2. The number of amides is 2. The lowest BCUT2D eigenvalue weighted by Gasteiger charge is -2.34. The van der Waals surface area contributed by atoms with E-state index in [1.165, 1.54) is 17.0 Å². The predicted octanol–water partition coefficient (Wildman–Crippen LogP) is 7.72. The van der Waals surface area contributed by atoms with Crippen molar-refractivity contribution < 1.29 is 18.0 Å². The number of hydrogen-bond acceptors (Lipinski definition) is 4. The highest BCUT2D eigenvalue weighted by atomic mass is 35.5. The summed E-state index contributed by atoms with van der Waals surface area (Å²) in [7, 11) is -4.18. The molecule has 0 bridgehead atoms. The molecule has 47 heavy (non-hydrogen) atoms. The van der Waals surface area contributed by atoms with Gasteiger partial charge in [0.15, 0.2) is 0 Å². The lowest BCUT2D eigenvalue weighted by Crippen LogP contribution is -2.53. The van der Waals surface area contributed by atoms with Crippen molar-refractivity contribution in [1.29, 1.82) is 0 Å². The Morgan fingerprint density at radius 1 is 0.766 bits per heavy atom. The molecule has 248 valence electrons. The fourth-order valence-corrected chi connectivity index (χ4v) is 6.84. The van der Waals surface area contributed by atoms with Crippen molar-refractivity contribution in [2.24, 2.45) is 5.92 Å². The fraction of sp³-hybridized carbons (Fsp3) is 0.297. The van der Waals surface area contributed by atoms with Gasteiger partial charge in [-0.05, 0) is 64.9 Å². The van der Waals surface area contributed by atoms with Gasteiger partial charge in [-0.2, -0.15) is 0 Å². The van der Waals surface area contributed by atoms with E-state index in [4.69, 9.17) is 23.2 Å². The Balaban J connectivity index is 1.81. The SMILES string of the molecule is CC(C)CNC(=O)[C@@H](Cc1ccccc1)N(Cc1ccc(Cl)c(Cl)c1)C(=O)CN(c1ccc(C(C)C)cc1)S(=O)(=O)c1ccccc1. The maximum Gasteiger partial charge on any atom is 0.264 e. The summed E-state index contributed by atoms with van der Waals surface area (Å²) in [5.74, 6) is -0.482. The van der Waals surface area contributed by atoms with Crippen LogP contribution in [0, 0.1) is 5.92 Å². The third kappa shape index (κ3) is 9.60. The second-order valence-electron chi connectivity index (χ2n) is 12.2. The molecule has 4 aromatic carbocycles. The van der Waals surface area contributed by atoms with Crippen LogP contribution in [-0.2, 0) is 32.6 Å². The van der Waals surface area contributed by atoms with E-state index in [-0.39, 0.29) is 35.6 Å². The quantitative estimate of drug-likeness (QED) is 0.147. The number of halogens is 2. The van der Waals surface area contributed by atoms with Gasteiger partial charge < -0.3 is 10.2 Å². The molecule has 10 heteroatoms. The van der Waals surface area contributed by atoms with Crippen LogP contribution in [-0.4, -0.2) is 44.3 Å². The molecule has 0 saturated heterocycles. The fourth-order valence-electron chi connectivity index (χ4n) is 5.09. The molecule has 0 radical (unpaired) electrons. The highest BCUT2D eigenvalue weighted by molar-refractivity contribution is 7.92. The minimum atomic E-state index is -4.18. The monoisotopic (exact) mass is 693 g/mol. The van der Waals surface area contributed by atoms with E-state index in [0.717, 1.165) is 15.4 Å². The maximum absolute atomic E-state index is 14.6. The van der Waals surface area contributed by atoms with E-state index in [0.29, 0.717) is 27.8 Å². The van der Waals surface area contributed by atoms with E-state index < -0.39 is 28.5 Å². The second kappa shape index (κ2) is 16.3. The number of carbonyl (C=O) groups excluding carboxylic acids is 2. The summed E-state index contributed by atoms with van der Waals surface area (Å²) in [5, 5.41) is 3.65. The van der Waals surface area contributed by atoms with Crippen LogP contribution in [0.25, 0.3) is 0 Å². The largest absolute Gasteiger partial charge is 0.354 e. The van der Waals surface area contributed by atoms with Crippen LogP contribution in [0.2, 0.25) is 10.0 Å². The molecule has 7 nitrogen and oxygen atoms in total. The van der Waals surface area contributed by atoms with Gasteiger partial charge in [-0.15, -0.1) is 0 Å². The normalized spacial score (nSPS) is 12.2.